The molecule has 0 aliphatic rings. The lowest BCUT2D eigenvalue weighted by molar-refractivity contribution is 0.100. The van der Waals surface area contributed by atoms with Crippen LogP contribution in [-0.2, 0) is 0 Å². The highest BCUT2D eigenvalue weighted by Gasteiger charge is 2.26. The van der Waals surface area contributed by atoms with E-state index in [1.807, 2.05) is 0 Å². The van der Waals surface area contributed by atoms with Crippen LogP contribution in [-0.4, -0.2) is 28.9 Å². The minimum Gasteiger partial charge on any atom is -0.507 e. The first kappa shape index (κ1) is 21.2. The standard InChI is InChI=1S/C25H17ClO6/c1-31-16-10-11-18(21(28)12-16)24(30)22-13-19(23(29)17-4-2-3-5-20(17)27)25(32-22)14-6-8-15(26)9-7-14/h2-13,27-28H,1H3. The molecule has 0 fully saturated rings. The fourth-order valence-corrected chi connectivity index (χ4v) is 3.39. The van der Waals surface area contributed by atoms with Gasteiger partial charge in [0.25, 0.3) is 0 Å². The average Bonchev–Trinajstić information content (AvgIpc) is 3.24. The fourth-order valence-electron chi connectivity index (χ4n) is 3.26. The van der Waals surface area contributed by atoms with Gasteiger partial charge in [-0.2, -0.15) is 0 Å². The predicted molar refractivity (Wildman–Crippen MR) is 119 cm³/mol. The number of phenolic OH excluding ortho intramolecular Hbond substituents is 2. The first-order chi connectivity index (χ1) is 15.4. The minimum absolute atomic E-state index is 0.0104. The van der Waals surface area contributed by atoms with Gasteiger partial charge in [-0.1, -0.05) is 23.7 Å². The molecule has 4 aromatic rings. The van der Waals surface area contributed by atoms with Crippen molar-refractivity contribution < 1.29 is 29.0 Å². The Kier molecular flexibility index (Phi) is 5.71. The van der Waals surface area contributed by atoms with Crippen LogP contribution in [0.5, 0.6) is 17.2 Å². The van der Waals surface area contributed by atoms with Crippen LogP contribution in [0.1, 0.15) is 32.0 Å². The van der Waals surface area contributed by atoms with Gasteiger partial charge >= 0.3 is 0 Å². The summed E-state index contributed by atoms with van der Waals surface area (Å²) in [6.45, 7) is 0. The zero-order chi connectivity index (χ0) is 22.8. The summed E-state index contributed by atoms with van der Waals surface area (Å²) in [6.07, 6.45) is 0. The first-order valence-electron chi connectivity index (χ1n) is 9.53. The third-order valence-electron chi connectivity index (χ3n) is 4.91. The number of aromatic hydroxyl groups is 2. The van der Waals surface area contributed by atoms with E-state index in [1.165, 1.54) is 43.5 Å². The summed E-state index contributed by atoms with van der Waals surface area (Å²) >= 11 is 5.97. The van der Waals surface area contributed by atoms with Gasteiger partial charge < -0.3 is 19.4 Å². The summed E-state index contributed by atoms with van der Waals surface area (Å²) in [5.41, 5.74) is 0.662. The molecule has 4 rings (SSSR count). The SMILES string of the molecule is COc1ccc(C(=O)c2cc(C(=O)c3ccccc3O)c(-c3ccc(Cl)cc3)o2)c(O)c1. The molecule has 3 aromatic carbocycles. The maximum Gasteiger partial charge on any atom is 0.231 e. The maximum absolute atomic E-state index is 13.2. The fraction of sp³-hybridized carbons (Fsp3) is 0.0400. The lowest BCUT2D eigenvalue weighted by atomic mass is 9.99. The van der Waals surface area contributed by atoms with E-state index >= 15 is 0 Å². The molecule has 32 heavy (non-hydrogen) atoms. The average molecular weight is 449 g/mol. The van der Waals surface area contributed by atoms with E-state index in [0.29, 0.717) is 16.3 Å². The molecule has 0 radical (unpaired) electrons. The van der Waals surface area contributed by atoms with Gasteiger partial charge in [0.15, 0.2) is 5.76 Å². The summed E-state index contributed by atoms with van der Waals surface area (Å²) in [6, 6.07) is 18.2. The molecule has 0 aliphatic carbocycles. The van der Waals surface area contributed by atoms with Crippen LogP contribution in [0.15, 0.2) is 77.2 Å². The van der Waals surface area contributed by atoms with Crippen LogP contribution in [0, 0.1) is 0 Å². The van der Waals surface area contributed by atoms with Crippen molar-refractivity contribution >= 4 is 23.2 Å². The van der Waals surface area contributed by atoms with Gasteiger partial charge in [-0.15, -0.1) is 0 Å². The Morgan fingerprint density at radius 2 is 1.50 bits per heavy atom. The highest BCUT2D eigenvalue weighted by Crippen LogP contribution is 2.34. The second-order valence-electron chi connectivity index (χ2n) is 6.92. The second-order valence-corrected chi connectivity index (χ2v) is 7.36. The Morgan fingerprint density at radius 3 is 2.16 bits per heavy atom. The minimum atomic E-state index is -0.614. The third-order valence-corrected chi connectivity index (χ3v) is 5.16. The van der Waals surface area contributed by atoms with Crippen LogP contribution in [0.25, 0.3) is 11.3 Å². The predicted octanol–water partition coefficient (Wildman–Crippen LogP) is 5.48. The summed E-state index contributed by atoms with van der Waals surface area (Å²) in [7, 11) is 1.44. The molecule has 6 nitrogen and oxygen atoms in total. The Labute approximate surface area is 188 Å². The van der Waals surface area contributed by atoms with Gasteiger partial charge in [0, 0.05) is 16.7 Å². The van der Waals surface area contributed by atoms with E-state index in [9.17, 15) is 19.8 Å². The summed E-state index contributed by atoms with van der Waals surface area (Å²) in [4.78, 5) is 26.3. The molecule has 0 amide bonds. The molecule has 2 N–H and O–H groups in total. The number of rotatable bonds is 6. The van der Waals surface area contributed by atoms with E-state index in [0.717, 1.165) is 0 Å². The summed E-state index contributed by atoms with van der Waals surface area (Å²) in [5, 5.41) is 20.9. The molecule has 0 atom stereocenters. The highest BCUT2D eigenvalue weighted by molar-refractivity contribution is 6.30. The lowest BCUT2D eigenvalue weighted by Crippen LogP contribution is -2.03. The number of hydrogen-bond donors (Lipinski definition) is 2. The molecule has 1 aromatic heterocycles. The van der Waals surface area contributed by atoms with Crippen LogP contribution in [0.3, 0.4) is 0 Å². The van der Waals surface area contributed by atoms with E-state index in [1.54, 1.807) is 36.4 Å². The molecular formula is C25H17ClO6. The first-order valence-corrected chi connectivity index (χ1v) is 9.91. The Balaban J connectivity index is 1.84. The molecule has 0 saturated heterocycles. The molecule has 0 bridgehead atoms. The molecule has 160 valence electrons. The molecule has 7 heteroatoms. The van der Waals surface area contributed by atoms with E-state index in [2.05, 4.69) is 0 Å². The third kappa shape index (κ3) is 3.96. The van der Waals surface area contributed by atoms with E-state index in [-0.39, 0.29) is 39.7 Å². The Hall–Kier alpha value is -4.03. The van der Waals surface area contributed by atoms with Gasteiger partial charge in [0.2, 0.25) is 11.6 Å². The molecule has 1 heterocycles. The summed E-state index contributed by atoms with van der Waals surface area (Å²) in [5.74, 6) is -1.23. The van der Waals surface area contributed by atoms with Crippen molar-refractivity contribution in [1.29, 1.82) is 0 Å². The van der Waals surface area contributed by atoms with Crippen LogP contribution in [0.4, 0.5) is 0 Å². The van der Waals surface area contributed by atoms with Gasteiger partial charge in [-0.25, -0.2) is 0 Å². The van der Waals surface area contributed by atoms with Crippen molar-refractivity contribution in [2.24, 2.45) is 0 Å². The number of para-hydroxylation sites is 1. The van der Waals surface area contributed by atoms with Crippen molar-refractivity contribution in [1.82, 2.24) is 0 Å². The van der Waals surface area contributed by atoms with Gasteiger partial charge in [-0.3, -0.25) is 9.59 Å². The van der Waals surface area contributed by atoms with Crippen molar-refractivity contribution in [3.63, 3.8) is 0 Å². The van der Waals surface area contributed by atoms with E-state index < -0.39 is 11.6 Å². The number of methoxy groups -OCH3 is 1. The summed E-state index contributed by atoms with van der Waals surface area (Å²) < 4.78 is 10.9. The monoisotopic (exact) mass is 448 g/mol. The van der Waals surface area contributed by atoms with Crippen molar-refractivity contribution in [3.05, 3.63) is 100 Å². The number of phenols is 2. The molecular weight excluding hydrogens is 432 g/mol. The number of ketones is 2. The number of furan rings is 1. The molecule has 0 unspecified atom stereocenters. The number of carbonyl (C=O) groups is 2. The van der Waals surface area contributed by atoms with Gasteiger partial charge in [0.1, 0.15) is 23.0 Å². The topological polar surface area (TPSA) is 97.0 Å². The van der Waals surface area contributed by atoms with Crippen LogP contribution in [0.2, 0.25) is 5.02 Å². The smallest absolute Gasteiger partial charge is 0.231 e. The number of benzene rings is 3. The zero-order valence-electron chi connectivity index (χ0n) is 16.8. The van der Waals surface area contributed by atoms with Gasteiger partial charge in [0.05, 0.1) is 23.8 Å². The normalized spacial score (nSPS) is 10.7. The molecule has 0 saturated carbocycles. The van der Waals surface area contributed by atoms with Crippen LogP contribution < -0.4 is 4.74 Å². The largest absolute Gasteiger partial charge is 0.507 e. The number of halogens is 1. The number of carbonyl (C=O) groups excluding carboxylic acids is 2. The number of ether oxygens (including phenoxy) is 1. The molecule has 0 aliphatic heterocycles. The maximum atomic E-state index is 13.2. The Morgan fingerprint density at radius 1 is 0.812 bits per heavy atom. The Bertz CT molecular complexity index is 1320. The van der Waals surface area contributed by atoms with Crippen molar-refractivity contribution in [3.8, 4) is 28.6 Å². The lowest BCUT2D eigenvalue weighted by Gasteiger charge is -2.05. The molecule has 0 spiro atoms. The highest BCUT2D eigenvalue weighted by atomic mass is 35.5. The van der Waals surface area contributed by atoms with Crippen LogP contribution >= 0.6 is 11.6 Å². The number of hydrogen-bond acceptors (Lipinski definition) is 6. The van der Waals surface area contributed by atoms with Crippen molar-refractivity contribution in [2.75, 3.05) is 7.11 Å². The zero-order valence-corrected chi connectivity index (χ0v) is 17.6. The van der Waals surface area contributed by atoms with Crippen molar-refractivity contribution in [2.45, 2.75) is 0 Å². The quantitative estimate of drug-likeness (QED) is 0.379. The van der Waals surface area contributed by atoms with Gasteiger partial charge in [-0.05, 0) is 54.6 Å². The second kappa shape index (κ2) is 8.61. The van der Waals surface area contributed by atoms with E-state index in [4.69, 9.17) is 20.8 Å².